The number of esters is 1. The van der Waals surface area contributed by atoms with Crippen LogP contribution < -0.4 is 0 Å². The molecule has 0 unspecified atom stereocenters. The summed E-state index contributed by atoms with van der Waals surface area (Å²) in [6, 6.07) is 0. The van der Waals surface area contributed by atoms with Crippen LogP contribution in [0.3, 0.4) is 0 Å². The summed E-state index contributed by atoms with van der Waals surface area (Å²) < 4.78 is 5.45. The van der Waals surface area contributed by atoms with Gasteiger partial charge in [-0.25, -0.2) is 4.79 Å². The fraction of sp³-hybridized carbons (Fsp3) is 0.850. The summed E-state index contributed by atoms with van der Waals surface area (Å²) in [6.45, 7) is 11.6. The Morgan fingerprint density at radius 2 is 1.27 bits per heavy atom. The summed E-state index contributed by atoms with van der Waals surface area (Å²) in [5.41, 5.74) is 0.113. The van der Waals surface area contributed by atoms with Crippen LogP contribution in [0.2, 0.25) is 0 Å². The maximum absolute atomic E-state index is 11.5. The zero-order valence-electron chi connectivity index (χ0n) is 15.5. The van der Waals surface area contributed by atoms with E-state index in [2.05, 4.69) is 13.5 Å². The van der Waals surface area contributed by atoms with Gasteiger partial charge in [0.05, 0.1) is 0 Å². The first-order chi connectivity index (χ1) is 10.4. The van der Waals surface area contributed by atoms with Crippen molar-refractivity contribution in [3.05, 3.63) is 12.2 Å². The van der Waals surface area contributed by atoms with E-state index in [4.69, 9.17) is 4.74 Å². The summed E-state index contributed by atoms with van der Waals surface area (Å²) in [5.74, 6) is -0.270. The lowest BCUT2D eigenvalue weighted by molar-refractivity contribution is -0.152. The molecule has 2 heteroatoms. The quantitative estimate of drug-likeness (QED) is 0.206. The number of carbonyl (C=O) groups excluding carboxylic acids is 1. The molecular formula is C20H38O2. The number of ether oxygens (including phenoxy) is 1. The molecule has 0 aliphatic heterocycles. The van der Waals surface area contributed by atoms with Gasteiger partial charge < -0.3 is 4.74 Å². The molecule has 0 bridgehead atoms. The lowest BCUT2D eigenvalue weighted by Gasteiger charge is -2.25. The van der Waals surface area contributed by atoms with Crippen molar-refractivity contribution >= 4 is 5.97 Å². The smallest absolute Gasteiger partial charge is 0.333 e. The van der Waals surface area contributed by atoms with E-state index in [9.17, 15) is 4.79 Å². The van der Waals surface area contributed by atoms with Crippen LogP contribution in [0.25, 0.3) is 0 Å². The largest absolute Gasteiger partial charge is 0.456 e. The third kappa shape index (κ3) is 12.9. The molecule has 0 aromatic heterocycles. The molecule has 0 N–H and O–H groups in total. The minimum atomic E-state index is -0.366. The molecule has 0 amide bonds. The Morgan fingerprint density at radius 3 is 1.68 bits per heavy atom. The summed E-state index contributed by atoms with van der Waals surface area (Å²) in [4.78, 5) is 11.5. The SMILES string of the molecule is C=C(C)C(=O)OC(C)(C)CCCCCCCCCCCCC. The van der Waals surface area contributed by atoms with Gasteiger partial charge in [0, 0.05) is 5.57 Å². The van der Waals surface area contributed by atoms with Gasteiger partial charge in [0.15, 0.2) is 0 Å². The highest BCUT2D eigenvalue weighted by Gasteiger charge is 2.22. The maximum atomic E-state index is 11.5. The van der Waals surface area contributed by atoms with Gasteiger partial charge >= 0.3 is 5.97 Å². The van der Waals surface area contributed by atoms with Gasteiger partial charge in [-0.3, -0.25) is 0 Å². The minimum absolute atomic E-state index is 0.270. The zero-order chi connectivity index (χ0) is 16.8. The Hall–Kier alpha value is -0.790. The molecule has 0 spiro atoms. The molecule has 0 saturated carbocycles. The predicted molar refractivity (Wildman–Crippen MR) is 96.1 cm³/mol. The highest BCUT2D eigenvalue weighted by molar-refractivity contribution is 5.87. The molecule has 22 heavy (non-hydrogen) atoms. The van der Waals surface area contributed by atoms with Crippen molar-refractivity contribution in [1.82, 2.24) is 0 Å². The molecule has 0 aromatic rings. The molecule has 0 saturated heterocycles. The van der Waals surface area contributed by atoms with Crippen LogP contribution in [0.15, 0.2) is 12.2 Å². The van der Waals surface area contributed by atoms with Gasteiger partial charge in [-0.2, -0.15) is 0 Å². The lowest BCUT2D eigenvalue weighted by Crippen LogP contribution is -2.28. The molecule has 0 atom stereocenters. The van der Waals surface area contributed by atoms with Gasteiger partial charge in [-0.1, -0.05) is 77.7 Å². The molecule has 2 nitrogen and oxygen atoms in total. The first-order valence-electron chi connectivity index (χ1n) is 9.28. The number of rotatable bonds is 14. The molecular weight excluding hydrogens is 272 g/mol. The minimum Gasteiger partial charge on any atom is -0.456 e. The van der Waals surface area contributed by atoms with Crippen molar-refractivity contribution < 1.29 is 9.53 Å². The van der Waals surface area contributed by atoms with E-state index in [1.165, 1.54) is 64.2 Å². The van der Waals surface area contributed by atoms with Crippen molar-refractivity contribution in [2.45, 2.75) is 110 Å². The molecule has 0 rings (SSSR count). The van der Waals surface area contributed by atoms with E-state index in [0.29, 0.717) is 5.57 Å². The summed E-state index contributed by atoms with van der Waals surface area (Å²) in [7, 11) is 0. The van der Waals surface area contributed by atoms with E-state index in [-0.39, 0.29) is 11.6 Å². The zero-order valence-corrected chi connectivity index (χ0v) is 15.5. The summed E-state index contributed by atoms with van der Waals surface area (Å²) >= 11 is 0. The van der Waals surface area contributed by atoms with E-state index in [0.717, 1.165) is 12.8 Å². The molecule has 0 fully saturated rings. The third-order valence-electron chi connectivity index (χ3n) is 4.10. The molecule has 0 aliphatic rings. The fourth-order valence-electron chi connectivity index (χ4n) is 2.60. The Kier molecular flexibility index (Phi) is 12.3. The molecule has 0 aromatic carbocycles. The van der Waals surface area contributed by atoms with Crippen LogP contribution in [0.1, 0.15) is 105 Å². The van der Waals surface area contributed by atoms with E-state index >= 15 is 0 Å². The molecule has 0 aliphatic carbocycles. The topological polar surface area (TPSA) is 26.3 Å². The Labute approximate surface area is 138 Å². The second-order valence-electron chi connectivity index (χ2n) is 7.22. The Balaban J connectivity index is 3.45. The average molecular weight is 311 g/mol. The number of carbonyl (C=O) groups is 1. The fourth-order valence-corrected chi connectivity index (χ4v) is 2.60. The van der Waals surface area contributed by atoms with Crippen LogP contribution in [0.5, 0.6) is 0 Å². The van der Waals surface area contributed by atoms with Crippen LogP contribution in [-0.2, 0) is 9.53 Å². The van der Waals surface area contributed by atoms with Crippen LogP contribution in [0, 0.1) is 0 Å². The van der Waals surface area contributed by atoms with Crippen LogP contribution >= 0.6 is 0 Å². The number of unbranched alkanes of at least 4 members (excludes halogenated alkanes) is 10. The highest BCUT2D eigenvalue weighted by Crippen LogP contribution is 2.21. The highest BCUT2D eigenvalue weighted by atomic mass is 16.6. The summed E-state index contributed by atoms with van der Waals surface area (Å²) in [6.07, 6.45) is 15.7. The van der Waals surface area contributed by atoms with Crippen LogP contribution in [0.4, 0.5) is 0 Å². The lowest BCUT2D eigenvalue weighted by atomic mass is 9.99. The second kappa shape index (κ2) is 12.7. The van der Waals surface area contributed by atoms with Crippen molar-refractivity contribution in [2.24, 2.45) is 0 Å². The molecule has 0 radical (unpaired) electrons. The first kappa shape index (κ1) is 21.2. The average Bonchev–Trinajstić information content (AvgIpc) is 2.44. The van der Waals surface area contributed by atoms with Crippen molar-refractivity contribution in [3.8, 4) is 0 Å². The molecule has 0 heterocycles. The third-order valence-corrected chi connectivity index (χ3v) is 4.10. The standard InChI is InChI=1S/C20H38O2/c1-6-7-8-9-10-11-12-13-14-15-16-17-20(4,5)22-19(21)18(2)3/h2,6-17H2,1,3-5H3. The van der Waals surface area contributed by atoms with Crippen molar-refractivity contribution in [3.63, 3.8) is 0 Å². The van der Waals surface area contributed by atoms with Crippen molar-refractivity contribution in [1.29, 1.82) is 0 Å². The summed E-state index contributed by atoms with van der Waals surface area (Å²) in [5, 5.41) is 0. The van der Waals surface area contributed by atoms with Gasteiger partial charge in [0.1, 0.15) is 5.60 Å². The van der Waals surface area contributed by atoms with Crippen LogP contribution in [-0.4, -0.2) is 11.6 Å². The maximum Gasteiger partial charge on any atom is 0.333 e. The van der Waals surface area contributed by atoms with Gasteiger partial charge in [0.25, 0.3) is 0 Å². The Bertz CT molecular complexity index is 305. The van der Waals surface area contributed by atoms with E-state index < -0.39 is 0 Å². The Morgan fingerprint density at radius 1 is 0.864 bits per heavy atom. The van der Waals surface area contributed by atoms with Gasteiger partial charge in [0.2, 0.25) is 0 Å². The van der Waals surface area contributed by atoms with Crippen molar-refractivity contribution in [2.75, 3.05) is 0 Å². The van der Waals surface area contributed by atoms with E-state index in [1.54, 1.807) is 6.92 Å². The first-order valence-corrected chi connectivity index (χ1v) is 9.28. The second-order valence-corrected chi connectivity index (χ2v) is 7.22. The monoisotopic (exact) mass is 310 g/mol. The van der Waals surface area contributed by atoms with Gasteiger partial charge in [-0.05, 0) is 33.6 Å². The normalized spacial score (nSPS) is 11.5. The number of hydrogen-bond acceptors (Lipinski definition) is 2. The van der Waals surface area contributed by atoms with Gasteiger partial charge in [-0.15, -0.1) is 0 Å². The van der Waals surface area contributed by atoms with E-state index in [1.807, 2.05) is 13.8 Å². The molecule has 130 valence electrons. The number of hydrogen-bond donors (Lipinski definition) is 0. The predicted octanol–water partition coefficient (Wildman–Crippen LogP) is 6.59.